The van der Waals surface area contributed by atoms with Crippen molar-refractivity contribution in [3.63, 3.8) is 0 Å². The van der Waals surface area contributed by atoms with Crippen LogP contribution in [0.15, 0.2) is 0 Å². The van der Waals surface area contributed by atoms with Crippen LogP contribution in [0, 0.1) is 0 Å². The number of hydrogen-bond acceptors (Lipinski definition) is 3. The number of aromatic nitrogens is 3. The van der Waals surface area contributed by atoms with Gasteiger partial charge in [-0.15, -0.1) is 10.2 Å². The molecule has 0 unspecified atom stereocenters. The van der Waals surface area contributed by atoms with E-state index in [4.69, 9.17) is 0 Å². The largest absolute Gasteiger partial charge is 0.365 e. The highest BCUT2D eigenvalue weighted by Crippen LogP contribution is 2.34. The Balaban J connectivity index is 3.14. The van der Waals surface area contributed by atoms with Crippen molar-refractivity contribution in [1.82, 2.24) is 14.8 Å². The molecule has 16 heavy (non-hydrogen) atoms. The predicted octanol–water partition coefficient (Wildman–Crippen LogP) is 2.09. The first-order chi connectivity index (χ1) is 7.45. The zero-order valence-electron chi connectivity index (χ0n) is 8.85. The normalized spacial score (nSPS) is 12.2. The van der Waals surface area contributed by atoms with Crippen molar-refractivity contribution in [1.29, 1.82) is 0 Å². The van der Waals surface area contributed by atoms with Crippen LogP contribution < -0.4 is 5.32 Å². The van der Waals surface area contributed by atoms with E-state index in [0.717, 1.165) is 4.57 Å². The van der Waals surface area contributed by atoms with E-state index in [-0.39, 0.29) is 12.5 Å². The minimum atomic E-state index is -4.28. The van der Waals surface area contributed by atoms with Gasteiger partial charge in [0.05, 0.1) is 0 Å². The van der Waals surface area contributed by atoms with E-state index < -0.39 is 18.2 Å². The molecular weight excluding hydrogens is 228 g/mol. The molecule has 4 nitrogen and oxygen atoms in total. The van der Waals surface area contributed by atoms with Crippen molar-refractivity contribution in [2.45, 2.75) is 32.7 Å². The molecular formula is C8H12F4N4. The number of nitrogens with zero attached hydrogens (tertiary/aromatic N) is 3. The van der Waals surface area contributed by atoms with Crippen LogP contribution in [0.3, 0.4) is 0 Å². The van der Waals surface area contributed by atoms with Crippen molar-refractivity contribution in [3.8, 4) is 0 Å². The zero-order chi connectivity index (χ0) is 12.3. The third kappa shape index (κ3) is 2.10. The van der Waals surface area contributed by atoms with E-state index in [0.29, 0.717) is 6.54 Å². The maximum atomic E-state index is 13.1. The Labute approximate surface area is 89.7 Å². The number of anilines is 1. The molecule has 1 heterocycles. The lowest BCUT2D eigenvalue weighted by Gasteiger charge is -2.15. The molecule has 0 aliphatic heterocycles. The van der Waals surface area contributed by atoms with Crippen LogP contribution in [0.4, 0.5) is 23.5 Å². The number of halogens is 4. The zero-order valence-corrected chi connectivity index (χ0v) is 8.85. The summed E-state index contributed by atoms with van der Waals surface area (Å²) < 4.78 is 51.4. The Bertz CT molecular complexity index is 350. The van der Waals surface area contributed by atoms with Crippen molar-refractivity contribution in [2.24, 2.45) is 0 Å². The summed E-state index contributed by atoms with van der Waals surface area (Å²) in [6.45, 7) is 3.82. The summed E-state index contributed by atoms with van der Waals surface area (Å²) in [6.07, 6.45) is -3.79. The van der Waals surface area contributed by atoms with Crippen molar-refractivity contribution in [2.75, 3.05) is 11.9 Å². The molecule has 0 aromatic carbocycles. The fourth-order valence-electron chi connectivity index (χ4n) is 1.24. The van der Waals surface area contributed by atoms with Crippen molar-refractivity contribution >= 4 is 5.95 Å². The Morgan fingerprint density at radius 2 is 1.94 bits per heavy atom. The van der Waals surface area contributed by atoms with E-state index in [1.54, 1.807) is 13.8 Å². The molecule has 0 aliphatic rings. The Hall–Kier alpha value is -1.34. The quantitative estimate of drug-likeness (QED) is 0.801. The van der Waals surface area contributed by atoms with E-state index in [9.17, 15) is 17.6 Å². The molecule has 0 amide bonds. The number of nitrogens with one attached hydrogen (secondary N) is 1. The average molecular weight is 240 g/mol. The molecule has 1 N–H and O–H groups in total. The van der Waals surface area contributed by atoms with Gasteiger partial charge in [-0.25, -0.2) is 8.78 Å². The van der Waals surface area contributed by atoms with E-state index in [2.05, 4.69) is 15.5 Å². The summed E-state index contributed by atoms with van der Waals surface area (Å²) in [6, 6.07) is 0. The molecule has 0 spiro atoms. The molecule has 0 radical (unpaired) electrons. The van der Waals surface area contributed by atoms with Crippen LogP contribution in [0.25, 0.3) is 0 Å². The van der Waals surface area contributed by atoms with Crippen LogP contribution in [-0.4, -0.2) is 27.7 Å². The van der Waals surface area contributed by atoms with Gasteiger partial charge < -0.3 is 5.32 Å². The Morgan fingerprint density at radius 1 is 1.31 bits per heavy atom. The lowest BCUT2D eigenvalue weighted by atomic mass is 10.3. The number of rotatable bonds is 5. The molecule has 1 aromatic rings. The molecule has 1 aromatic heterocycles. The standard InChI is InChI=1S/C8H12F4N4/c1-3-13-7-15-14-6(16(7)4-2)8(11,12)5(9)10/h5H,3-4H2,1-2H3,(H,13,15). The van der Waals surface area contributed by atoms with E-state index in [1.165, 1.54) is 0 Å². The van der Waals surface area contributed by atoms with E-state index >= 15 is 0 Å². The van der Waals surface area contributed by atoms with Gasteiger partial charge in [0.25, 0.3) is 0 Å². The van der Waals surface area contributed by atoms with Gasteiger partial charge in [-0.1, -0.05) is 0 Å². The van der Waals surface area contributed by atoms with Crippen molar-refractivity contribution in [3.05, 3.63) is 5.82 Å². The summed E-state index contributed by atoms with van der Waals surface area (Å²) in [7, 11) is 0. The van der Waals surface area contributed by atoms with Gasteiger partial charge >= 0.3 is 12.3 Å². The smallest absolute Gasteiger partial charge is 0.355 e. The second kappa shape index (κ2) is 4.67. The van der Waals surface area contributed by atoms with Gasteiger partial charge in [0.15, 0.2) is 0 Å². The van der Waals surface area contributed by atoms with Crippen LogP contribution in [0.5, 0.6) is 0 Å². The summed E-state index contributed by atoms with van der Waals surface area (Å²) in [4.78, 5) is 0. The van der Waals surface area contributed by atoms with Gasteiger partial charge in [-0.2, -0.15) is 8.78 Å². The highest BCUT2D eigenvalue weighted by Gasteiger charge is 2.47. The Kier molecular flexibility index (Phi) is 3.71. The summed E-state index contributed by atoms with van der Waals surface area (Å²) >= 11 is 0. The third-order valence-electron chi connectivity index (χ3n) is 1.97. The van der Waals surface area contributed by atoms with Gasteiger partial charge in [0, 0.05) is 13.1 Å². The minimum absolute atomic E-state index is 0.0697. The van der Waals surface area contributed by atoms with Gasteiger partial charge in [0.1, 0.15) is 0 Å². The Morgan fingerprint density at radius 3 is 2.38 bits per heavy atom. The van der Waals surface area contributed by atoms with Crippen molar-refractivity contribution < 1.29 is 17.6 Å². The maximum Gasteiger partial charge on any atom is 0.365 e. The molecule has 8 heteroatoms. The van der Waals surface area contributed by atoms with Gasteiger partial charge in [-0.05, 0) is 13.8 Å². The second-order valence-electron chi connectivity index (χ2n) is 3.05. The first kappa shape index (κ1) is 12.7. The second-order valence-corrected chi connectivity index (χ2v) is 3.05. The molecule has 0 bridgehead atoms. The summed E-state index contributed by atoms with van der Waals surface area (Å²) in [5.41, 5.74) is 0. The molecule has 0 aliphatic carbocycles. The first-order valence-electron chi connectivity index (χ1n) is 4.78. The number of alkyl halides is 4. The summed E-state index contributed by atoms with van der Waals surface area (Å²) in [5, 5.41) is 9.20. The molecule has 0 saturated carbocycles. The van der Waals surface area contributed by atoms with E-state index in [1.807, 2.05) is 0 Å². The summed E-state index contributed by atoms with van der Waals surface area (Å²) in [5.74, 6) is -5.22. The SMILES string of the molecule is CCNc1nnc(C(F)(F)C(F)F)n1CC. The van der Waals surface area contributed by atoms with Crippen LogP contribution >= 0.6 is 0 Å². The fraction of sp³-hybridized carbons (Fsp3) is 0.750. The predicted molar refractivity (Wildman–Crippen MR) is 49.8 cm³/mol. The highest BCUT2D eigenvalue weighted by molar-refractivity contribution is 5.26. The van der Waals surface area contributed by atoms with Gasteiger partial charge in [-0.3, -0.25) is 4.57 Å². The molecule has 0 atom stereocenters. The first-order valence-corrected chi connectivity index (χ1v) is 4.78. The minimum Gasteiger partial charge on any atom is -0.355 e. The topological polar surface area (TPSA) is 42.7 Å². The molecule has 0 saturated heterocycles. The maximum absolute atomic E-state index is 13.1. The lowest BCUT2D eigenvalue weighted by molar-refractivity contribution is -0.142. The van der Waals surface area contributed by atoms with Crippen LogP contribution in [-0.2, 0) is 12.5 Å². The third-order valence-corrected chi connectivity index (χ3v) is 1.97. The number of hydrogen-bond donors (Lipinski definition) is 1. The lowest BCUT2D eigenvalue weighted by Crippen LogP contribution is -2.28. The molecule has 1 rings (SSSR count). The highest BCUT2D eigenvalue weighted by atomic mass is 19.3. The van der Waals surface area contributed by atoms with Crippen LogP contribution in [0.1, 0.15) is 19.7 Å². The van der Waals surface area contributed by atoms with Crippen LogP contribution in [0.2, 0.25) is 0 Å². The molecule has 92 valence electrons. The monoisotopic (exact) mass is 240 g/mol. The van der Waals surface area contributed by atoms with Gasteiger partial charge in [0.2, 0.25) is 11.8 Å². The fourth-order valence-corrected chi connectivity index (χ4v) is 1.24. The average Bonchev–Trinajstić information content (AvgIpc) is 2.61. The molecule has 0 fully saturated rings.